The highest BCUT2D eigenvalue weighted by molar-refractivity contribution is 7.92. The first-order valence-electron chi connectivity index (χ1n) is 6.84. The van der Waals surface area contributed by atoms with Crippen molar-refractivity contribution in [2.75, 3.05) is 15.8 Å². The van der Waals surface area contributed by atoms with Gasteiger partial charge in [0.05, 0.1) is 5.75 Å². The summed E-state index contributed by atoms with van der Waals surface area (Å²) < 4.78 is 25.4. The van der Waals surface area contributed by atoms with E-state index in [1.54, 1.807) is 19.1 Å². The highest BCUT2D eigenvalue weighted by atomic mass is 32.2. The molecule has 1 unspecified atom stereocenters. The van der Waals surface area contributed by atoms with Gasteiger partial charge >= 0.3 is 0 Å². The highest BCUT2D eigenvalue weighted by Crippen LogP contribution is 2.16. The van der Waals surface area contributed by atoms with Crippen molar-refractivity contribution in [1.29, 1.82) is 0 Å². The molecule has 0 heterocycles. The minimum Gasteiger partial charge on any atom is -0.383 e. The lowest BCUT2D eigenvalue weighted by atomic mass is 10.1. The Morgan fingerprint density at radius 1 is 1.11 bits per heavy atom. The van der Waals surface area contributed by atoms with Gasteiger partial charge in [0, 0.05) is 17.4 Å². The van der Waals surface area contributed by atoms with E-state index in [4.69, 9.17) is 0 Å². The Balaban J connectivity index is 2.57. The molecule has 1 rings (SSSR count). The quantitative estimate of drug-likeness (QED) is 0.769. The van der Waals surface area contributed by atoms with Gasteiger partial charge in [-0.15, -0.1) is 0 Å². The molecular weight excluding hydrogens is 260 g/mol. The van der Waals surface area contributed by atoms with E-state index in [0.717, 1.165) is 12.1 Å². The largest absolute Gasteiger partial charge is 0.383 e. The molecule has 1 aromatic carbocycles. The maximum atomic E-state index is 11.4. The van der Waals surface area contributed by atoms with Crippen LogP contribution in [0.1, 0.15) is 40.0 Å². The molecule has 0 fully saturated rings. The van der Waals surface area contributed by atoms with E-state index < -0.39 is 10.0 Å². The molecule has 0 aliphatic rings. The molecule has 0 amide bonds. The van der Waals surface area contributed by atoms with Gasteiger partial charge in [-0.25, -0.2) is 8.42 Å². The fourth-order valence-corrected chi connectivity index (χ4v) is 2.39. The number of anilines is 2. The van der Waals surface area contributed by atoms with Gasteiger partial charge in [-0.3, -0.25) is 4.72 Å². The van der Waals surface area contributed by atoms with Crippen LogP contribution >= 0.6 is 0 Å². The fraction of sp³-hybridized carbons (Fsp3) is 0.571. The molecule has 0 radical (unpaired) electrons. The molecule has 1 aromatic rings. The predicted molar refractivity (Wildman–Crippen MR) is 82.1 cm³/mol. The third-order valence-electron chi connectivity index (χ3n) is 2.94. The lowest BCUT2D eigenvalue weighted by Crippen LogP contribution is -2.16. The summed E-state index contributed by atoms with van der Waals surface area (Å²) in [6, 6.07) is 7.79. The Labute approximate surface area is 116 Å². The highest BCUT2D eigenvalue weighted by Gasteiger charge is 2.06. The zero-order chi connectivity index (χ0) is 14.3. The second-order valence-corrected chi connectivity index (χ2v) is 6.78. The van der Waals surface area contributed by atoms with Gasteiger partial charge in [0.25, 0.3) is 0 Å². The van der Waals surface area contributed by atoms with Gasteiger partial charge in [0.1, 0.15) is 0 Å². The standard InChI is InChI=1S/C14H24N2O2S/c1-4-6-7-12(3)15-13-8-10-14(11-9-13)16-19(17,18)5-2/h8-12,15-16H,4-7H2,1-3H3. The molecule has 0 aliphatic heterocycles. The average Bonchev–Trinajstić information content (AvgIpc) is 2.38. The molecule has 1 atom stereocenters. The zero-order valence-electron chi connectivity index (χ0n) is 11.9. The van der Waals surface area contributed by atoms with Crippen LogP contribution in [0.5, 0.6) is 0 Å². The van der Waals surface area contributed by atoms with Crippen molar-refractivity contribution < 1.29 is 8.42 Å². The number of unbranched alkanes of at least 4 members (excludes halogenated alkanes) is 1. The second kappa shape index (κ2) is 7.38. The van der Waals surface area contributed by atoms with Crippen molar-refractivity contribution >= 4 is 21.4 Å². The number of hydrogen-bond acceptors (Lipinski definition) is 3. The summed E-state index contributed by atoms with van der Waals surface area (Å²) in [5.74, 6) is 0.0844. The first kappa shape index (κ1) is 15.8. The Kier molecular flexibility index (Phi) is 6.15. The average molecular weight is 284 g/mol. The van der Waals surface area contributed by atoms with Crippen LogP contribution in [0, 0.1) is 0 Å². The minimum atomic E-state index is -3.19. The summed E-state index contributed by atoms with van der Waals surface area (Å²) in [6.07, 6.45) is 3.55. The monoisotopic (exact) mass is 284 g/mol. The van der Waals surface area contributed by atoms with Crippen LogP contribution in [0.25, 0.3) is 0 Å². The van der Waals surface area contributed by atoms with E-state index in [2.05, 4.69) is 23.9 Å². The molecule has 0 bridgehead atoms. The van der Waals surface area contributed by atoms with Crippen LogP contribution in [0.4, 0.5) is 11.4 Å². The minimum absolute atomic E-state index is 0.0844. The smallest absolute Gasteiger partial charge is 0.232 e. The normalized spacial score (nSPS) is 13.0. The van der Waals surface area contributed by atoms with E-state index in [1.165, 1.54) is 12.8 Å². The number of sulfonamides is 1. The summed E-state index contributed by atoms with van der Waals surface area (Å²) >= 11 is 0. The summed E-state index contributed by atoms with van der Waals surface area (Å²) in [4.78, 5) is 0. The molecule has 0 aliphatic carbocycles. The molecular formula is C14H24N2O2S. The van der Waals surface area contributed by atoms with Crippen LogP contribution in [-0.4, -0.2) is 20.2 Å². The molecule has 0 saturated carbocycles. The van der Waals surface area contributed by atoms with Crippen molar-refractivity contribution in [2.45, 2.75) is 46.1 Å². The van der Waals surface area contributed by atoms with E-state index in [9.17, 15) is 8.42 Å². The maximum Gasteiger partial charge on any atom is 0.232 e. The van der Waals surface area contributed by atoms with E-state index in [0.29, 0.717) is 11.7 Å². The van der Waals surface area contributed by atoms with Gasteiger partial charge in [0.2, 0.25) is 10.0 Å². The summed E-state index contributed by atoms with van der Waals surface area (Å²) in [5.41, 5.74) is 1.62. The van der Waals surface area contributed by atoms with Gasteiger partial charge < -0.3 is 5.32 Å². The second-order valence-electron chi connectivity index (χ2n) is 4.77. The molecule has 108 valence electrons. The van der Waals surface area contributed by atoms with E-state index >= 15 is 0 Å². The Bertz CT molecular complexity index is 469. The van der Waals surface area contributed by atoms with Gasteiger partial charge in [0.15, 0.2) is 0 Å². The topological polar surface area (TPSA) is 58.2 Å². The molecule has 0 aromatic heterocycles. The molecule has 4 nitrogen and oxygen atoms in total. The molecule has 19 heavy (non-hydrogen) atoms. The van der Waals surface area contributed by atoms with Crippen LogP contribution in [0.3, 0.4) is 0 Å². The van der Waals surface area contributed by atoms with Crippen LogP contribution < -0.4 is 10.0 Å². The fourth-order valence-electron chi connectivity index (χ4n) is 1.75. The SMILES string of the molecule is CCCCC(C)Nc1ccc(NS(=O)(=O)CC)cc1. The summed E-state index contributed by atoms with van der Waals surface area (Å²) in [6.45, 7) is 5.96. The van der Waals surface area contributed by atoms with Gasteiger partial charge in [-0.05, 0) is 44.5 Å². The molecule has 0 saturated heterocycles. The first-order chi connectivity index (χ1) is 8.96. The number of benzene rings is 1. The van der Waals surface area contributed by atoms with Crippen LogP contribution in [0.15, 0.2) is 24.3 Å². The number of hydrogen-bond donors (Lipinski definition) is 2. The maximum absolute atomic E-state index is 11.4. The first-order valence-corrected chi connectivity index (χ1v) is 8.49. The van der Waals surface area contributed by atoms with Crippen molar-refractivity contribution in [3.8, 4) is 0 Å². The molecule has 2 N–H and O–H groups in total. The third kappa shape index (κ3) is 5.96. The summed E-state index contributed by atoms with van der Waals surface area (Å²) in [5, 5.41) is 3.40. The molecule has 5 heteroatoms. The van der Waals surface area contributed by atoms with E-state index in [1.807, 2.05) is 12.1 Å². The zero-order valence-corrected chi connectivity index (χ0v) is 12.8. The third-order valence-corrected chi connectivity index (χ3v) is 4.25. The summed E-state index contributed by atoms with van der Waals surface area (Å²) in [7, 11) is -3.19. The van der Waals surface area contributed by atoms with Crippen molar-refractivity contribution in [3.05, 3.63) is 24.3 Å². The van der Waals surface area contributed by atoms with Gasteiger partial charge in [-0.1, -0.05) is 19.8 Å². The van der Waals surface area contributed by atoms with Crippen molar-refractivity contribution in [1.82, 2.24) is 0 Å². The van der Waals surface area contributed by atoms with Gasteiger partial charge in [-0.2, -0.15) is 0 Å². The van der Waals surface area contributed by atoms with Crippen LogP contribution in [-0.2, 0) is 10.0 Å². The van der Waals surface area contributed by atoms with E-state index in [-0.39, 0.29) is 5.75 Å². The lowest BCUT2D eigenvalue weighted by molar-refractivity contribution is 0.602. The van der Waals surface area contributed by atoms with Crippen molar-refractivity contribution in [2.24, 2.45) is 0 Å². The van der Waals surface area contributed by atoms with Crippen LogP contribution in [0.2, 0.25) is 0 Å². The molecule has 0 spiro atoms. The lowest BCUT2D eigenvalue weighted by Gasteiger charge is -2.15. The Morgan fingerprint density at radius 3 is 2.21 bits per heavy atom. The number of rotatable bonds is 8. The Morgan fingerprint density at radius 2 is 1.68 bits per heavy atom. The Hall–Kier alpha value is -1.23. The predicted octanol–water partition coefficient (Wildman–Crippen LogP) is 3.44. The number of nitrogens with one attached hydrogen (secondary N) is 2. The van der Waals surface area contributed by atoms with Crippen molar-refractivity contribution in [3.63, 3.8) is 0 Å².